The Labute approximate surface area is 152 Å². The Hall–Kier alpha value is -2.79. The Bertz CT molecular complexity index is 855. The average Bonchev–Trinajstić information content (AvgIpc) is 2.61. The lowest BCUT2D eigenvalue weighted by Crippen LogP contribution is -2.06. The van der Waals surface area contributed by atoms with Crippen LogP contribution in [0.3, 0.4) is 0 Å². The second-order valence-electron chi connectivity index (χ2n) is 5.53. The smallest absolute Gasteiger partial charge is 0.225 e. The quantitative estimate of drug-likeness (QED) is 0.665. The number of nitrogens with one attached hydrogen (secondary N) is 2. The Kier molecular flexibility index (Phi) is 5.36. The highest BCUT2D eigenvalue weighted by molar-refractivity contribution is 6.32. The molecule has 0 amide bonds. The minimum absolute atomic E-state index is 0.542. The Morgan fingerprint density at radius 2 is 1.84 bits per heavy atom. The molecule has 0 bridgehead atoms. The van der Waals surface area contributed by atoms with Crippen LogP contribution < -0.4 is 15.4 Å². The van der Waals surface area contributed by atoms with Gasteiger partial charge in [0.05, 0.1) is 12.1 Å². The van der Waals surface area contributed by atoms with Crippen LogP contribution in [0.15, 0.2) is 54.6 Å². The van der Waals surface area contributed by atoms with Crippen LogP contribution in [0.5, 0.6) is 5.75 Å². The largest absolute Gasteiger partial charge is 0.495 e. The minimum atomic E-state index is 0.542. The number of hydrogen-bond acceptors (Lipinski definition) is 5. The fraction of sp³-hybridized carbons (Fsp3) is 0.158. The van der Waals surface area contributed by atoms with Crippen LogP contribution in [-0.2, 0) is 6.54 Å². The number of halogens is 1. The maximum absolute atomic E-state index is 6.17. The molecule has 2 aromatic carbocycles. The molecular weight excluding hydrogens is 336 g/mol. The van der Waals surface area contributed by atoms with Gasteiger partial charge in [-0.1, -0.05) is 41.9 Å². The van der Waals surface area contributed by atoms with Gasteiger partial charge in [-0.2, -0.15) is 4.98 Å². The van der Waals surface area contributed by atoms with Gasteiger partial charge in [-0.25, -0.2) is 4.98 Å². The predicted octanol–water partition coefficient (Wildman–Crippen LogP) is 4.80. The number of ether oxygens (including phenoxy) is 1. The van der Waals surface area contributed by atoms with Gasteiger partial charge in [0.25, 0.3) is 0 Å². The molecule has 3 aromatic rings. The number of methoxy groups -OCH3 is 1. The van der Waals surface area contributed by atoms with Crippen LogP contribution in [0.4, 0.5) is 17.5 Å². The molecule has 0 saturated carbocycles. The molecule has 0 unspecified atom stereocenters. The van der Waals surface area contributed by atoms with E-state index in [0.29, 0.717) is 29.1 Å². The molecule has 5 nitrogen and oxygen atoms in total. The molecule has 2 N–H and O–H groups in total. The normalized spacial score (nSPS) is 10.4. The first-order valence-electron chi connectivity index (χ1n) is 7.88. The first-order chi connectivity index (χ1) is 12.1. The third-order valence-electron chi connectivity index (χ3n) is 3.57. The number of aromatic nitrogens is 2. The summed E-state index contributed by atoms with van der Waals surface area (Å²) < 4.78 is 5.17. The zero-order chi connectivity index (χ0) is 17.6. The molecule has 128 valence electrons. The summed E-state index contributed by atoms with van der Waals surface area (Å²) in [5, 5.41) is 7.04. The zero-order valence-corrected chi connectivity index (χ0v) is 14.8. The van der Waals surface area contributed by atoms with Crippen molar-refractivity contribution in [1.82, 2.24) is 9.97 Å². The zero-order valence-electron chi connectivity index (χ0n) is 14.1. The van der Waals surface area contributed by atoms with Gasteiger partial charge >= 0.3 is 0 Å². The second kappa shape index (κ2) is 7.85. The standard InChI is InChI=1S/C19H19ClN4O/c1-13-10-18(23-15-8-9-17(25-2)16(20)11-15)24-19(22-13)21-12-14-6-4-3-5-7-14/h3-11H,12H2,1-2H3,(H2,21,22,23,24). The molecule has 0 spiro atoms. The van der Waals surface area contributed by atoms with Crippen LogP contribution in [-0.4, -0.2) is 17.1 Å². The predicted molar refractivity (Wildman–Crippen MR) is 102 cm³/mol. The minimum Gasteiger partial charge on any atom is -0.495 e. The van der Waals surface area contributed by atoms with Crippen LogP contribution in [0.1, 0.15) is 11.3 Å². The molecule has 0 fully saturated rings. The summed E-state index contributed by atoms with van der Waals surface area (Å²) in [5.41, 5.74) is 2.87. The van der Waals surface area contributed by atoms with Crippen molar-refractivity contribution >= 4 is 29.1 Å². The molecule has 1 aromatic heterocycles. The van der Waals surface area contributed by atoms with Crippen LogP contribution in [0, 0.1) is 6.92 Å². The van der Waals surface area contributed by atoms with Crippen molar-refractivity contribution in [2.45, 2.75) is 13.5 Å². The summed E-state index contributed by atoms with van der Waals surface area (Å²) in [6.45, 7) is 2.60. The number of rotatable bonds is 6. The van der Waals surface area contributed by atoms with E-state index in [2.05, 4.69) is 32.7 Å². The van der Waals surface area contributed by atoms with E-state index < -0.39 is 0 Å². The highest BCUT2D eigenvalue weighted by Gasteiger charge is 2.05. The average molecular weight is 355 g/mol. The van der Waals surface area contributed by atoms with E-state index in [1.807, 2.05) is 43.3 Å². The SMILES string of the molecule is COc1ccc(Nc2cc(C)nc(NCc3ccccc3)n2)cc1Cl. The molecule has 0 aliphatic carbocycles. The van der Waals surface area contributed by atoms with Crippen molar-refractivity contribution in [1.29, 1.82) is 0 Å². The number of anilines is 3. The van der Waals surface area contributed by atoms with Crippen molar-refractivity contribution in [3.63, 3.8) is 0 Å². The highest BCUT2D eigenvalue weighted by Crippen LogP contribution is 2.28. The molecule has 1 heterocycles. The molecular formula is C19H19ClN4O. The highest BCUT2D eigenvalue weighted by atomic mass is 35.5. The summed E-state index contributed by atoms with van der Waals surface area (Å²) in [4.78, 5) is 8.94. The third kappa shape index (κ3) is 4.61. The lowest BCUT2D eigenvalue weighted by Gasteiger charge is -2.11. The summed E-state index contributed by atoms with van der Waals surface area (Å²) >= 11 is 6.17. The maximum atomic E-state index is 6.17. The van der Waals surface area contributed by atoms with Gasteiger partial charge in [-0.3, -0.25) is 0 Å². The number of benzene rings is 2. The van der Waals surface area contributed by atoms with E-state index in [1.54, 1.807) is 13.2 Å². The Morgan fingerprint density at radius 1 is 1.04 bits per heavy atom. The maximum Gasteiger partial charge on any atom is 0.225 e. The molecule has 6 heteroatoms. The van der Waals surface area contributed by atoms with Crippen LogP contribution in [0.2, 0.25) is 5.02 Å². The van der Waals surface area contributed by atoms with Gasteiger partial charge in [-0.15, -0.1) is 0 Å². The number of aryl methyl sites for hydroxylation is 1. The topological polar surface area (TPSA) is 59.1 Å². The van der Waals surface area contributed by atoms with Crippen LogP contribution in [0.25, 0.3) is 0 Å². The van der Waals surface area contributed by atoms with Gasteiger partial charge in [0.1, 0.15) is 11.6 Å². The summed E-state index contributed by atoms with van der Waals surface area (Å²) in [5.74, 6) is 1.91. The van der Waals surface area contributed by atoms with E-state index in [9.17, 15) is 0 Å². The monoisotopic (exact) mass is 354 g/mol. The van der Waals surface area contributed by atoms with E-state index in [4.69, 9.17) is 16.3 Å². The van der Waals surface area contributed by atoms with Crippen molar-refractivity contribution < 1.29 is 4.74 Å². The van der Waals surface area contributed by atoms with Crippen molar-refractivity contribution in [2.24, 2.45) is 0 Å². The molecule has 0 saturated heterocycles. The lowest BCUT2D eigenvalue weighted by molar-refractivity contribution is 0.415. The van der Waals surface area contributed by atoms with Crippen molar-refractivity contribution in [3.05, 3.63) is 70.9 Å². The van der Waals surface area contributed by atoms with Gasteiger partial charge < -0.3 is 15.4 Å². The molecule has 0 aliphatic rings. The fourth-order valence-electron chi connectivity index (χ4n) is 2.38. The molecule has 25 heavy (non-hydrogen) atoms. The van der Waals surface area contributed by atoms with Gasteiger partial charge in [0.15, 0.2) is 0 Å². The number of nitrogens with zero attached hydrogens (tertiary/aromatic N) is 2. The van der Waals surface area contributed by atoms with E-state index in [1.165, 1.54) is 5.56 Å². The summed E-state index contributed by atoms with van der Waals surface area (Å²) in [7, 11) is 1.59. The van der Waals surface area contributed by atoms with Crippen molar-refractivity contribution in [2.75, 3.05) is 17.7 Å². The number of hydrogen-bond donors (Lipinski definition) is 2. The van der Waals surface area contributed by atoms with Crippen molar-refractivity contribution in [3.8, 4) is 5.75 Å². The van der Waals surface area contributed by atoms with Gasteiger partial charge in [0.2, 0.25) is 5.95 Å². The summed E-state index contributed by atoms with van der Waals surface area (Å²) in [6.07, 6.45) is 0. The lowest BCUT2D eigenvalue weighted by atomic mass is 10.2. The van der Waals surface area contributed by atoms with E-state index in [-0.39, 0.29) is 0 Å². The van der Waals surface area contributed by atoms with Gasteiger partial charge in [-0.05, 0) is 30.7 Å². The summed E-state index contributed by atoms with van der Waals surface area (Å²) in [6, 6.07) is 17.5. The Morgan fingerprint density at radius 3 is 2.56 bits per heavy atom. The third-order valence-corrected chi connectivity index (χ3v) is 3.87. The molecule has 0 radical (unpaired) electrons. The second-order valence-corrected chi connectivity index (χ2v) is 5.94. The molecule has 0 atom stereocenters. The molecule has 0 aliphatic heterocycles. The Balaban J connectivity index is 1.74. The van der Waals surface area contributed by atoms with E-state index >= 15 is 0 Å². The van der Waals surface area contributed by atoms with Gasteiger partial charge in [0, 0.05) is 24.0 Å². The fourth-order valence-corrected chi connectivity index (χ4v) is 2.64. The first kappa shape index (κ1) is 17.0. The van der Waals surface area contributed by atoms with Crippen LogP contribution >= 0.6 is 11.6 Å². The van der Waals surface area contributed by atoms with E-state index in [0.717, 1.165) is 11.4 Å². The first-order valence-corrected chi connectivity index (χ1v) is 8.26. The molecule has 3 rings (SSSR count).